The van der Waals surface area contributed by atoms with Crippen LogP contribution in [0.4, 0.5) is 5.82 Å². The Morgan fingerprint density at radius 3 is 2.64 bits per heavy atom. The molecule has 3 aromatic rings. The van der Waals surface area contributed by atoms with Crippen LogP contribution < -0.4 is 10.2 Å². The van der Waals surface area contributed by atoms with E-state index >= 15 is 0 Å². The number of piperazine rings is 1. The van der Waals surface area contributed by atoms with Crippen LogP contribution >= 0.6 is 0 Å². The second kappa shape index (κ2) is 7.55. The molecule has 0 radical (unpaired) electrons. The lowest BCUT2D eigenvalue weighted by Gasteiger charge is -2.32. The molecule has 5 nitrogen and oxygen atoms in total. The fourth-order valence-electron chi connectivity index (χ4n) is 3.48. The zero-order chi connectivity index (χ0) is 19.7. The third-order valence-corrected chi connectivity index (χ3v) is 5.68. The molecule has 1 atom stereocenters. The van der Waals surface area contributed by atoms with Gasteiger partial charge in [0.1, 0.15) is 11.5 Å². The van der Waals surface area contributed by atoms with Crippen molar-refractivity contribution in [2.75, 3.05) is 24.5 Å². The first kappa shape index (κ1) is 18.9. The number of H-pyrrole nitrogens is 1. The minimum atomic E-state index is 0.489. The molecule has 0 bridgehead atoms. The molecule has 1 saturated carbocycles. The first-order chi connectivity index (χ1) is 13.4. The summed E-state index contributed by atoms with van der Waals surface area (Å²) in [5, 5.41) is 12.3. The Morgan fingerprint density at radius 2 is 1.93 bits per heavy atom. The first-order valence-electron chi connectivity index (χ1n) is 10.3. The number of nitrogens with one attached hydrogen (secondary N) is 2. The average molecular weight is 378 g/mol. The predicted molar refractivity (Wildman–Crippen MR) is 117 cm³/mol. The number of hydrogen-bond acceptors (Lipinski definition) is 4. The Morgan fingerprint density at radius 1 is 1.14 bits per heavy atom. The van der Waals surface area contributed by atoms with Gasteiger partial charge in [0.25, 0.3) is 0 Å². The molecule has 1 saturated heterocycles. The topological polar surface area (TPSA) is 56.8 Å². The molecule has 2 aliphatic rings. The van der Waals surface area contributed by atoms with E-state index in [4.69, 9.17) is 0 Å². The summed E-state index contributed by atoms with van der Waals surface area (Å²) in [6, 6.07) is 11.0. The molecule has 3 heterocycles. The van der Waals surface area contributed by atoms with Gasteiger partial charge < -0.3 is 10.2 Å². The van der Waals surface area contributed by atoms with E-state index < -0.39 is 0 Å². The van der Waals surface area contributed by atoms with E-state index in [-0.39, 0.29) is 0 Å². The fraction of sp³-hybridized carbons (Fsp3) is 0.478. The highest BCUT2D eigenvalue weighted by Gasteiger charge is 2.30. The second-order valence-corrected chi connectivity index (χ2v) is 8.99. The van der Waals surface area contributed by atoms with E-state index in [0.717, 1.165) is 53.0 Å². The number of aromatic nitrogens is 3. The molecule has 2 aromatic heterocycles. The largest absolute Gasteiger partial charge is 0.354 e. The summed E-state index contributed by atoms with van der Waals surface area (Å²) in [7, 11) is 0. The quantitative estimate of drug-likeness (QED) is 0.688. The van der Waals surface area contributed by atoms with Crippen molar-refractivity contribution in [1.82, 2.24) is 20.5 Å². The van der Waals surface area contributed by atoms with Crippen LogP contribution in [0.3, 0.4) is 0 Å². The molecular formula is C23H31N5. The van der Waals surface area contributed by atoms with E-state index in [9.17, 15) is 0 Å². The van der Waals surface area contributed by atoms with Gasteiger partial charge >= 0.3 is 0 Å². The third kappa shape index (κ3) is 4.36. The number of hydrogen-bond donors (Lipinski definition) is 2. The molecule has 1 aliphatic heterocycles. The van der Waals surface area contributed by atoms with Crippen molar-refractivity contribution < 1.29 is 0 Å². The summed E-state index contributed by atoms with van der Waals surface area (Å²) in [6.45, 7) is 11.9. The highest BCUT2D eigenvalue weighted by molar-refractivity contribution is 5.93. The number of rotatable bonds is 2. The number of aryl methyl sites for hydroxylation is 1. The number of benzene rings is 1. The lowest BCUT2D eigenvalue weighted by Crippen LogP contribution is -2.49. The minimum absolute atomic E-state index is 0.489. The van der Waals surface area contributed by atoms with Gasteiger partial charge in [-0.15, -0.1) is 0 Å². The van der Waals surface area contributed by atoms with Crippen LogP contribution in [0.1, 0.15) is 39.2 Å². The van der Waals surface area contributed by atoms with Crippen molar-refractivity contribution in [2.45, 2.75) is 46.6 Å². The van der Waals surface area contributed by atoms with Crippen molar-refractivity contribution in [3.63, 3.8) is 0 Å². The minimum Gasteiger partial charge on any atom is -0.354 e. The van der Waals surface area contributed by atoms with Crippen LogP contribution in [-0.2, 0) is 0 Å². The molecule has 0 amide bonds. The summed E-state index contributed by atoms with van der Waals surface area (Å²) in [4.78, 5) is 6.90. The van der Waals surface area contributed by atoms with E-state index in [2.05, 4.69) is 77.4 Å². The second-order valence-electron chi connectivity index (χ2n) is 8.99. The summed E-state index contributed by atoms with van der Waals surface area (Å²) < 4.78 is 0. The van der Waals surface area contributed by atoms with E-state index in [0.29, 0.717) is 6.04 Å². The maximum atomic E-state index is 4.57. The van der Waals surface area contributed by atoms with Crippen LogP contribution in [-0.4, -0.2) is 40.9 Å². The van der Waals surface area contributed by atoms with Gasteiger partial charge in [-0.2, -0.15) is 5.10 Å². The van der Waals surface area contributed by atoms with Crippen LogP contribution in [0, 0.1) is 12.3 Å². The molecule has 2 fully saturated rings. The van der Waals surface area contributed by atoms with Gasteiger partial charge in [0.15, 0.2) is 0 Å². The number of fused-ring (bicyclic) bond motifs is 1. The van der Waals surface area contributed by atoms with E-state index in [1.807, 2.05) is 12.3 Å². The van der Waals surface area contributed by atoms with Crippen LogP contribution in [0.15, 0.2) is 36.5 Å². The lowest BCUT2D eigenvalue weighted by atomic mass is 10.1. The number of pyridine rings is 1. The number of nitrogens with zero attached hydrogens (tertiary/aromatic N) is 3. The molecule has 5 rings (SSSR count). The molecule has 1 aromatic carbocycles. The van der Waals surface area contributed by atoms with Gasteiger partial charge in [-0.05, 0) is 56.4 Å². The van der Waals surface area contributed by atoms with E-state index in [1.54, 1.807) is 0 Å². The molecule has 1 unspecified atom stereocenters. The summed E-state index contributed by atoms with van der Waals surface area (Å²) in [5.74, 6) is 1.03. The smallest absolute Gasteiger partial charge is 0.129 e. The Bertz CT molecular complexity index is 953. The summed E-state index contributed by atoms with van der Waals surface area (Å²) in [6.07, 6.45) is 4.79. The van der Waals surface area contributed by atoms with Crippen LogP contribution in [0.5, 0.6) is 0 Å². The predicted octanol–water partition coefficient (Wildman–Crippen LogP) is 4.54. The van der Waals surface area contributed by atoms with Gasteiger partial charge in [0.2, 0.25) is 0 Å². The maximum absolute atomic E-state index is 4.57. The SMILES string of the molecule is CC1(C)CC1.Cc1ccc2[nH]nc(-c3ccnc(N4CCNC(C)C4)c3)c2c1. The monoisotopic (exact) mass is 377 g/mol. The Kier molecular flexibility index (Phi) is 5.11. The van der Waals surface area contributed by atoms with Crippen molar-refractivity contribution in [1.29, 1.82) is 0 Å². The van der Waals surface area contributed by atoms with Gasteiger partial charge in [0.05, 0.1) is 5.52 Å². The van der Waals surface area contributed by atoms with E-state index in [1.165, 1.54) is 18.4 Å². The standard InChI is InChI=1S/C18H21N5.C5H10/c1-12-3-4-16-15(9-12)18(22-21-16)14-5-6-20-17(10-14)23-8-7-19-13(2)11-23;1-5(2)3-4-5/h3-6,9-10,13,19H,7-8,11H2,1-2H3,(H,21,22);3-4H2,1-2H3. The highest BCUT2D eigenvalue weighted by Crippen LogP contribution is 2.43. The Labute approximate surface area is 167 Å². The van der Waals surface area contributed by atoms with Gasteiger partial charge in [0, 0.05) is 42.8 Å². The van der Waals surface area contributed by atoms with Crippen molar-refractivity contribution in [2.24, 2.45) is 5.41 Å². The Hall–Kier alpha value is -2.40. The molecule has 28 heavy (non-hydrogen) atoms. The molecule has 148 valence electrons. The molecule has 1 aliphatic carbocycles. The third-order valence-electron chi connectivity index (χ3n) is 5.68. The highest BCUT2D eigenvalue weighted by atomic mass is 15.2. The zero-order valence-corrected chi connectivity index (χ0v) is 17.4. The van der Waals surface area contributed by atoms with Gasteiger partial charge in [-0.3, -0.25) is 5.10 Å². The van der Waals surface area contributed by atoms with Gasteiger partial charge in [-0.25, -0.2) is 4.98 Å². The van der Waals surface area contributed by atoms with Crippen molar-refractivity contribution in [3.05, 3.63) is 42.1 Å². The number of aromatic amines is 1. The van der Waals surface area contributed by atoms with Crippen LogP contribution in [0.25, 0.3) is 22.2 Å². The molecule has 2 N–H and O–H groups in total. The molecule has 0 spiro atoms. The normalized spacial score (nSPS) is 20.6. The average Bonchev–Trinajstić information content (AvgIpc) is 3.22. The lowest BCUT2D eigenvalue weighted by molar-refractivity contribution is 0.482. The first-order valence-corrected chi connectivity index (χ1v) is 10.3. The summed E-state index contributed by atoms with van der Waals surface area (Å²) in [5.41, 5.74) is 5.17. The zero-order valence-electron chi connectivity index (χ0n) is 17.4. The van der Waals surface area contributed by atoms with Crippen molar-refractivity contribution in [3.8, 4) is 11.3 Å². The van der Waals surface area contributed by atoms with Crippen molar-refractivity contribution >= 4 is 16.7 Å². The summed E-state index contributed by atoms with van der Waals surface area (Å²) >= 11 is 0. The molecule has 5 heteroatoms. The maximum Gasteiger partial charge on any atom is 0.129 e. The fourth-order valence-corrected chi connectivity index (χ4v) is 3.48. The van der Waals surface area contributed by atoms with Crippen LogP contribution in [0.2, 0.25) is 0 Å². The Balaban J connectivity index is 0.000000336. The number of anilines is 1. The van der Waals surface area contributed by atoms with Gasteiger partial charge in [-0.1, -0.05) is 25.5 Å². The molecular weight excluding hydrogens is 346 g/mol.